The van der Waals surface area contributed by atoms with Gasteiger partial charge in [-0.2, -0.15) is 0 Å². The fraction of sp³-hybridized carbons (Fsp3) is 0. The predicted octanol–water partition coefficient (Wildman–Crippen LogP) is 12.5. The zero-order valence-corrected chi connectivity index (χ0v) is 33.8. The summed E-state index contributed by atoms with van der Waals surface area (Å²) in [5.41, 5.74) is 7.60. The quantitative estimate of drug-likeness (QED) is 0.128. The number of hydrogen-bond acceptors (Lipinski definition) is 0. The molecule has 0 saturated heterocycles. The van der Waals surface area contributed by atoms with Crippen LogP contribution in [-0.4, -0.2) is 0 Å². The van der Waals surface area contributed by atoms with Gasteiger partial charge in [-0.1, -0.05) is 231 Å². The van der Waals surface area contributed by atoms with Crippen LogP contribution in [0.1, 0.15) is 0 Å². The second-order valence-electron chi connectivity index (χ2n) is 14.5. The summed E-state index contributed by atoms with van der Waals surface area (Å²) in [7, 11) is -2.02. The molecule has 0 aliphatic heterocycles. The highest BCUT2D eigenvalue weighted by atomic mass is 31.1. The molecule has 0 atom stereocenters. The summed E-state index contributed by atoms with van der Waals surface area (Å²) in [5.74, 6) is 0. The molecule has 0 unspecified atom stereocenters. The van der Waals surface area contributed by atoms with Gasteiger partial charge in [-0.25, -0.2) is 0 Å². The van der Waals surface area contributed by atoms with Crippen molar-refractivity contribution < 1.29 is 0 Å². The van der Waals surface area contributed by atoms with Gasteiger partial charge in [0.1, 0.15) is 0 Å². The second-order valence-corrected chi connectivity index (χ2v) is 18.8. The minimum Gasteiger partial charge on any atom is -0.0622 e. The Morgan fingerprint density at radius 3 is 0.759 bits per heavy atom. The van der Waals surface area contributed by atoms with Gasteiger partial charge < -0.3 is 0 Å². The summed E-state index contributed by atoms with van der Waals surface area (Å²) in [6.07, 6.45) is 0. The van der Waals surface area contributed by atoms with Crippen LogP contribution in [-0.2, 0) is 0 Å². The van der Waals surface area contributed by atoms with Crippen molar-refractivity contribution in [2.45, 2.75) is 0 Å². The van der Waals surface area contributed by atoms with Gasteiger partial charge in [-0.15, -0.1) is 0 Å². The summed E-state index contributed by atoms with van der Waals surface area (Å²) in [6, 6.07) is 90.1. The third-order valence-corrected chi connectivity index (χ3v) is 15.9. The van der Waals surface area contributed by atoms with Crippen molar-refractivity contribution in [3.05, 3.63) is 243 Å². The molecule has 0 spiro atoms. The van der Waals surface area contributed by atoms with Crippen molar-refractivity contribution in [3.8, 4) is 33.4 Å². The van der Waals surface area contributed by atoms with E-state index in [4.69, 9.17) is 0 Å². The van der Waals surface area contributed by atoms with Gasteiger partial charge in [0.2, 0.25) is 0 Å². The Kier molecular flexibility index (Phi) is 10.0. The third-order valence-electron chi connectivity index (χ3n) is 11.0. The van der Waals surface area contributed by atoms with E-state index < -0.39 is 15.8 Å². The van der Waals surface area contributed by atoms with Crippen LogP contribution >= 0.6 is 15.8 Å². The molecule has 2 heteroatoms. The molecule has 0 radical (unpaired) electrons. The molecule has 0 aliphatic carbocycles. The number of fused-ring (bicyclic) bond motifs is 2. The van der Waals surface area contributed by atoms with E-state index in [1.54, 1.807) is 0 Å². The average molecular weight is 775 g/mol. The highest BCUT2D eigenvalue weighted by Gasteiger charge is 2.30. The smallest absolute Gasteiger partial charge is 0.000839 e. The summed E-state index contributed by atoms with van der Waals surface area (Å²) in [5, 5.41) is 13.1. The van der Waals surface area contributed by atoms with E-state index in [9.17, 15) is 0 Å². The largest absolute Gasteiger partial charge is 0.0622 e. The molecule has 0 fully saturated rings. The zero-order valence-electron chi connectivity index (χ0n) is 32.0. The minimum atomic E-state index is -1.01. The van der Waals surface area contributed by atoms with E-state index in [2.05, 4.69) is 243 Å². The molecule has 10 aromatic carbocycles. The number of rotatable bonds is 9. The highest BCUT2D eigenvalue weighted by Crippen LogP contribution is 2.49. The Balaban J connectivity index is 1.43. The lowest BCUT2D eigenvalue weighted by molar-refractivity contribution is 1.65. The van der Waals surface area contributed by atoms with Crippen LogP contribution < -0.4 is 31.8 Å². The van der Waals surface area contributed by atoms with Crippen LogP contribution in [0.3, 0.4) is 0 Å². The van der Waals surface area contributed by atoms with Gasteiger partial charge >= 0.3 is 0 Å². The van der Waals surface area contributed by atoms with E-state index in [0.717, 1.165) is 0 Å². The molecule has 274 valence electrons. The minimum absolute atomic E-state index is 1.01. The summed E-state index contributed by atoms with van der Waals surface area (Å²) >= 11 is 0. The van der Waals surface area contributed by atoms with Gasteiger partial charge in [-0.3, -0.25) is 0 Å². The topological polar surface area (TPSA) is 0 Å². The van der Waals surface area contributed by atoms with Gasteiger partial charge in [0, 0.05) is 0 Å². The average Bonchev–Trinajstić information content (AvgIpc) is 3.31. The number of hydrogen-bond donors (Lipinski definition) is 0. The lowest BCUT2D eigenvalue weighted by Crippen LogP contribution is -2.26. The van der Waals surface area contributed by atoms with E-state index in [1.807, 2.05) is 0 Å². The van der Waals surface area contributed by atoms with Crippen molar-refractivity contribution in [2.24, 2.45) is 0 Å². The van der Waals surface area contributed by atoms with E-state index in [-0.39, 0.29) is 0 Å². The normalized spacial score (nSPS) is 11.4. The van der Waals surface area contributed by atoms with Crippen LogP contribution in [0.15, 0.2) is 243 Å². The molecular weight excluding hydrogens is 735 g/mol. The molecule has 10 aromatic rings. The third kappa shape index (κ3) is 6.76. The van der Waals surface area contributed by atoms with E-state index in [1.165, 1.54) is 86.8 Å². The maximum absolute atomic E-state index is 2.55. The summed E-state index contributed by atoms with van der Waals surface area (Å²) < 4.78 is 0. The lowest BCUT2D eigenvalue weighted by atomic mass is 9.87. The highest BCUT2D eigenvalue weighted by molar-refractivity contribution is 7.81. The van der Waals surface area contributed by atoms with Crippen LogP contribution in [0.4, 0.5) is 0 Å². The summed E-state index contributed by atoms with van der Waals surface area (Å²) in [6.45, 7) is 0. The van der Waals surface area contributed by atoms with Gasteiger partial charge in [0.25, 0.3) is 0 Å². The van der Waals surface area contributed by atoms with Crippen molar-refractivity contribution in [2.75, 3.05) is 0 Å². The molecular formula is C56H40P2. The molecule has 10 rings (SSSR count). The molecule has 0 heterocycles. The molecule has 0 amide bonds. The van der Waals surface area contributed by atoms with Crippen molar-refractivity contribution in [1.29, 1.82) is 0 Å². The van der Waals surface area contributed by atoms with Crippen molar-refractivity contribution >= 4 is 69.2 Å². The predicted molar refractivity (Wildman–Crippen MR) is 255 cm³/mol. The van der Waals surface area contributed by atoms with Crippen LogP contribution in [0, 0.1) is 0 Å². The molecule has 0 aromatic heterocycles. The van der Waals surface area contributed by atoms with Crippen LogP contribution in [0.5, 0.6) is 0 Å². The van der Waals surface area contributed by atoms with E-state index in [0.29, 0.717) is 0 Å². The van der Waals surface area contributed by atoms with Crippen molar-refractivity contribution in [1.82, 2.24) is 0 Å². The SMILES string of the molecule is c1ccc(-c2cc(P(c3ccccc3)c3ccccc3)c(-c3c(P(c4ccccc4)c4ccccc4)cc(-c4ccccc4)c4ccccc34)c3ccccc23)cc1. The molecule has 0 aliphatic rings. The van der Waals surface area contributed by atoms with Crippen LogP contribution in [0.2, 0.25) is 0 Å². The Hall–Kier alpha value is -6.42. The maximum atomic E-state index is 2.55. The van der Waals surface area contributed by atoms with Crippen LogP contribution in [0.25, 0.3) is 54.9 Å². The second kappa shape index (κ2) is 16.2. The number of benzene rings is 10. The fourth-order valence-corrected chi connectivity index (χ4v) is 13.5. The molecule has 0 saturated carbocycles. The monoisotopic (exact) mass is 774 g/mol. The Morgan fingerprint density at radius 2 is 0.466 bits per heavy atom. The lowest BCUT2D eigenvalue weighted by Gasteiger charge is -2.30. The fourth-order valence-electron chi connectivity index (χ4n) is 8.48. The Labute approximate surface area is 343 Å². The van der Waals surface area contributed by atoms with Crippen molar-refractivity contribution in [3.63, 3.8) is 0 Å². The molecule has 0 N–H and O–H groups in total. The Morgan fingerprint density at radius 1 is 0.224 bits per heavy atom. The van der Waals surface area contributed by atoms with Gasteiger partial charge in [-0.05, 0) is 115 Å². The van der Waals surface area contributed by atoms with E-state index >= 15 is 0 Å². The standard InChI is InChI=1S/C56H40P2/c1-7-23-41(24-8-1)51-39-53(57(43-27-11-3-12-28-43)44-29-13-4-14-30-44)55(49-37-21-19-35-47(49)51)56-50-38-22-20-36-48(50)52(42-25-9-2-10-26-42)40-54(56)58(45-31-15-5-16-32-45)46-33-17-6-18-34-46/h1-40H. The molecule has 58 heavy (non-hydrogen) atoms. The van der Waals surface area contributed by atoms with Gasteiger partial charge in [0.15, 0.2) is 0 Å². The van der Waals surface area contributed by atoms with Gasteiger partial charge in [0.05, 0.1) is 0 Å². The molecule has 0 nitrogen and oxygen atoms in total. The Bertz CT molecular complexity index is 2680. The first kappa shape index (κ1) is 36.0. The molecule has 0 bridgehead atoms. The first-order valence-electron chi connectivity index (χ1n) is 19.9. The first-order valence-corrected chi connectivity index (χ1v) is 22.5. The maximum Gasteiger partial charge on any atom is -0.000839 e. The zero-order chi connectivity index (χ0) is 38.7. The summed E-state index contributed by atoms with van der Waals surface area (Å²) in [4.78, 5) is 0. The first-order chi connectivity index (χ1) is 28.8.